The Labute approximate surface area is 92.5 Å². The Morgan fingerprint density at radius 2 is 2.14 bits per heavy atom. The van der Waals surface area contributed by atoms with E-state index in [-0.39, 0.29) is 5.82 Å². The average Bonchev–Trinajstić information content (AvgIpc) is 2.06. The van der Waals surface area contributed by atoms with Crippen molar-refractivity contribution in [3.8, 4) is 0 Å². The summed E-state index contributed by atoms with van der Waals surface area (Å²) >= 11 is 3.98. The maximum atomic E-state index is 13.4. The lowest BCUT2D eigenvalue weighted by atomic mass is 9.98. The van der Waals surface area contributed by atoms with Gasteiger partial charge in [0.25, 0.3) is 0 Å². The van der Waals surface area contributed by atoms with Crippen LogP contribution in [0.4, 0.5) is 4.39 Å². The number of rotatable bonds is 3. The van der Waals surface area contributed by atoms with Gasteiger partial charge in [-0.25, -0.2) is 4.39 Å². The predicted molar refractivity (Wildman–Crippen MR) is 61.2 cm³/mol. The molecule has 0 atom stereocenters. The van der Waals surface area contributed by atoms with Crippen molar-refractivity contribution in [1.82, 2.24) is 0 Å². The molecule has 0 aliphatic heterocycles. The first-order valence-electron chi connectivity index (χ1n) is 4.24. The molecule has 0 radical (unpaired) electrons. The van der Waals surface area contributed by atoms with Gasteiger partial charge in [-0.15, -0.1) is 11.7 Å². The Hall–Kier alpha value is -0.190. The lowest BCUT2D eigenvalue weighted by Gasteiger charge is -2.17. The van der Waals surface area contributed by atoms with Crippen LogP contribution in [-0.2, 0) is 6.42 Å². The topological polar surface area (TPSA) is 20.2 Å². The van der Waals surface area contributed by atoms with Crippen LogP contribution in [0.1, 0.15) is 19.4 Å². The Morgan fingerprint density at radius 1 is 1.50 bits per heavy atom. The van der Waals surface area contributed by atoms with E-state index < -0.39 is 5.60 Å². The zero-order valence-electron chi connectivity index (χ0n) is 8.12. The van der Waals surface area contributed by atoms with Gasteiger partial charge in [0.1, 0.15) is 5.82 Å². The maximum Gasteiger partial charge on any atom is 0.127 e. The molecule has 0 fully saturated rings. The van der Waals surface area contributed by atoms with E-state index in [1.165, 1.54) is 16.9 Å². The molecule has 1 rings (SSSR count). The molecule has 0 aromatic heterocycles. The molecule has 0 bridgehead atoms. The molecule has 1 aromatic rings. The van der Waals surface area contributed by atoms with Crippen molar-refractivity contribution < 1.29 is 9.50 Å². The van der Waals surface area contributed by atoms with E-state index in [1.807, 2.05) is 0 Å². The molecule has 0 unspecified atom stereocenters. The fraction of sp³-hybridized carbons (Fsp3) is 0.400. The van der Waals surface area contributed by atoms with E-state index in [9.17, 15) is 9.50 Å². The highest BCUT2D eigenvalue weighted by Crippen LogP contribution is 2.25. The summed E-state index contributed by atoms with van der Waals surface area (Å²) in [5.74, 6) is -0.286. The van der Waals surface area contributed by atoms with Crippen molar-refractivity contribution in [2.24, 2.45) is 0 Å². The number of benzene rings is 1. The minimum atomic E-state index is -0.879. The monoisotopic (exact) mass is 232 g/mol. The number of hydrogen-bond donors (Lipinski definition) is 2. The molecule has 0 saturated heterocycles. The molecule has 0 aliphatic carbocycles. The van der Waals surface area contributed by atoms with Gasteiger partial charge in [-0.2, -0.15) is 0 Å². The third kappa shape index (κ3) is 3.52. The molecule has 0 amide bonds. The predicted octanol–water partition coefficient (Wildman–Crippen LogP) is 3.08. The van der Waals surface area contributed by atoms with Crippen LogP contribution in [0.15, 0.2) is 23.1 Å². The van der Waals surface area contributed by atoms with Crippen LogP contribution in [0.3, 0.4) is 0 Å². The Morgan fingerprint density at radius 3 is 2.57 bits per heavy atom. The number of halogens is 1. The van der Waals surface area contributed by atoms with E-state index in [2.05, 4.69) is 11.7 Å². The molecule has 14 heavy (non-hydrogen) atoms. The normalized spacial score (nSPS) is 11.8. The molecular formula is C10H13FOS2. The summed E-state index contributed by atoms with van der Waals surface area (Å²) in [4.78, 5) is 0.769. The summed E-state index contributed by atoms with van der Waals surface area (Å²) in [6.45, 7) is 3.32. The van der Waals surface area contributed by atoms with Gasteiger partial charge >= 0.3 is 0 Å². The Balaban J connectivity index is 2.89. The lowest BCUT2D eigenvalue weighted by Crippen LogP contribution is -2.22. The summed E-state index contributed by atoms with van der Waals surface area (Å²) in [7, 11) is 1.20. The second-order valence-electron chi connectivity index (χ2n) is 3.83. The molecule has 0 heterocycles. The van der Waals surface area contributed by atoms with E-state index >= 15 is 0 Å². The molecular weight excluding hydrogens is 219 g/mol. The summed E-state index contributed by atoms with van der Waals surface area (Å²) < 4.78 is 13.4. The van der Waals surface area contributed by atoms with Gasteiger partial charge in [-0.3, -0.25) is 0 Å². The highest BCUT2D eigenvalue weighted by atomic mass is 33.1. The molecule has 0 spiro atoms. The van der Waals surface area contributed by atoms with Gasteiger partial charge in [-0.05, 0) is 31.5 Å². The van der Waals surface area contributed by atoms with Crippen molar-refractivity contribution in [1.29, 1.82) is 0 Å². The van der Waals surface area contributed by atoms with Gasteiger partial charge in [0.2, 0.25) is 0 Å². The van der Waals surface area contributed by atoms with Gasteiger partial charge in [0.15, 0.2) is 0 Å². The van der Waals surface area contributed by atoms with Gasteiger partial charge in [0.05, 0.1) is 5.60 Å². The summed E-state index contributed by atoms with van der Waals surface area (Å²) in [5, 5.41) is 9.54. The second-order valence-corrected chi connectivity index (χ2v) is 5.04. The van der Waals surface area contributed by atoms with Crippen LogP contribution in [0.2, 0.25) is 0 Å². The number of hydrogen-bond acceptors (Lipinski definition) is 3. The highest BCUT2D eigenvalue weighted by Gasteiger charge is 2.16. The summed E-state index contributed by atoms with van der Waals surface area (Å²) in [5.41, 5.74) is -0.347. The Bertz CT molecular complexity index is 320. The first-order valence-corrected chi connectivity index (χ1v) is 6.11. The SMILES string of the molecule is CC(C)(O)Cc1ccc(SS)cc1F. The fourth-order valence-electron chi connectivity index (χ4n) is 1.19. The maximum absolute atomic E-state index is 13.4. The zero-order valence-corrected chi connectivity index (χ0v) is 9.83. The molecule has 0 aliphatic rings. The highest BCUT2D eigenvalue weighted by molar-refractivity contribution is 8.68. The standard InChI is InChI=1S/C10H13FOS2/c1-10(2,12)6-7-3-4-8(14-13)5-9(7)11/h3-5,12-13H,6H2,1-2H3. The van der Waals surface area contributed by atoms with Crippen molar-refractivity contribution in [2.45, 2.75) is 30.8 Å². The molecule has 1 aromatic carbocycles. The molecule has 78 valence electrons. The average molecular weight is 232 g/mol. The molecule has 0 saturated carbocycles. The zero-order chi connectivity index (χ0) is 10.8. The third-order valence-corrected chi connectivity index (χ3v) is 2.85. The van der Waals surface area contributed by atoms with Crippen molar-refractivity contribution in [2.75, 3.05) is 0 Å². The summed E-state index contributed by atoms with van der Waals surface area (Å²) in [6, 6.07) is 4.91. The number of thiol groups is 1. The lowest BCUT2D eigenvalue weighted by molar-refractivity contribution is 0.0800. The van der Waals surface area contributed by atoms with E-state index in [1.54, 1.807) is 26.0 Å². The van der Waals surface area contributed by atoms with Crippen LogP contribution in [0.25, 0.3) is 0 Å². The molecule has 1 nitrogen and oxygen atoms in total. The van der Waals surface area contributed by atoms with E-state index in [0.717, 1.165) is 4.90 Å². The van der Waals surface area contributed by atoms with Crippen LogP contribution in [0, 0.1) is 5.82 Å². The first kappa shape index (κ1) is 11.9. The number of aliphatic hydroxyl groups is 1. The van der Waals surface area contributed by atoms with Gasteiger partial charge < -0.3 is 5.11 Å². The van der Waals surface area contributed by atoms with Crippen LogP contribution in [-0.4, -0.2) is 10.7 Å². The largest absolute Gasteiger partial charge is 0.390 e. The van der Waals surface area contributed by atoms with Gasteiger partial charge in [-0.1, -0.05) is 16.9 Å². The fourth-order valence-corrected chi connectivity index (χ4v) is 1.82. The van der Waals surface area contributed by atoms with E-state index in [4.69, 9.17) is 0 Å². The minimum Gasteiger partial charge on any atom is -0.390 e. The molecule has 4 heteroatoms. The van der Waals surface area contributed by atoms with Crippen molar-refractivity contribution >= 4 is 22.5 Å². The van der Waals surface area contributed by atoms with Crippen LogP contribution >= 0.6 is 22.5 Å². The quantitative estimate of drug-likeness (QED) is 0.617. The van der Waals surface area contributed by atoms with Gasteiger partial charge in [0, 0.05) is 11.3 Å². The van der Waals surface area contributed by atoms with Crippen molar-refractivity contribution in [3.63, 3.8) is 0 Å². The van der Waals surface area contributed by atoms with E-state index in [0.29, 0.717) is 12.0 Å². The van der Waals surface area contributed by atoms with Crippen LogP contribution in [0.5, 0.6) is 0 Å². The minimum absolute atomic E-state index is 0.286. The van der Waals surface area contributed by atoms with Crippen LogP contribution < -0.4 is 0 Å². The van der Waals surface area contributed by atoms with Crippen molar-refractivity contribution in [3.05, 3.63) is 29.6 Å². The first-order chi connectivity index (χ1) is 6.42. The third-order valence-electron chi connectivity index (χ3n) is 1.75. The summed E-state index contributed by atoms with van der Waals surface area (Å²) in [6.07, 6.45) is 0.316. The smallest absolute Gasteiger partial charge is 0.127 e. The Kier molecular flexibility index (Phi) is 3.86. The molecule has 1 N–H and O–H groups in total. The second kappa shape index (κ2) is 4.55.